The molecule has 6 heteroatoms. The summed E-state index contributed by atoms with van der Waals surface area (Å²) in [4.78, 5) is 4.55. The minimum Gasteiger partial charge on any atom is -0.357 e. The number of rotatable bonds is 6. The van der Waals surface area contributed by atoms with Crippen molar-refractivity contribution in [1.29, 1.82) is 0 Å². The second-order valence-corrected chi connectivity index (χ2v) is 5.34. The highest BCUT2D eigenvalue weighted by Crippen LogP contribution is 2.02. The van der Waals surface area contributed by atoms with Crippen LogP contribution in [-0.2, 0) is 6.42 Å². The highest BCUT2D eigenvalue weighted by atomic mass is 15.2. The molecule has 0 radical (unpaired) electrons. The van der Waals surface area contributed by atoms with Crippen molar-refractivity contribution in [1.82, 2.24) is 25.2 Å². The van der Waals surface area contributed by atoms with Crippen molar-refractivity contribution in [3.8, 4) is 0 Å². The van der Waals surface area contributed by atoms with Gasteiger partial charge in [-0.25, -0.2) is 0 Å². The molecule has 0 saturated heterocycles. The molecule has 0 aliphatic rings. The van der Waals surface area contributed by atoms with Crippen molar-refractivity contribution in [2.24, 2.45) is 10.9 Å². The van der Waals surface area contributed by atoms with Gasteiger partial charge >= 0.3 is 0 Å². The lowest BCUT2D eigenvalue weighted by atomic mass is 10.2. The standard InChI is InChI=1S/C15H24N6/c1-4-16-15(18-11-12(2)3)17-9-8-14-20-19-13-7-5-6-10-21(13)14/h5-7,10,12H,4,8-9,11H2,1-3H3,(H2,16,17,18). The Hall–Kier alpha value is -2.11. The number of hydrogen-bond acceptors (Lipinski definition) is 3. The smallest absolute Gasteiger partial charge is 0.191 e. The summed E-state index contributed by atoms with van der Waals surface area (Å²) in [7, 11) is 0. The summed E-state index contributed by atoms with van der Waals surface area (Å²) >= 11 is 0. The van der Waals surface area contributed by atoms with Crippen molar-refractivity contribution in [3.63, 3.8) is 0 Å². The van der Waals surface area contributed by atoms with Crippen LogP contribution >= 0.6 is 0 Å². The van der Waals surface area contributed by atoms with Gasteiger partial charge in [0.15, 0.2) is 11.6 Å². The van der Waals surface area contributed by atoms with E-state index in [2.05, 4.69) is 46.6 Å². The lowest BCUT2D eigenvalue weighted by Crippen LogP contribution is -2.38. The third kappa shape index (κ3) is 4.44. The van der Waals surface area contributed by atoms with Gasteiger partial charge < -0.3 is 10.6 Å². The minimum atomic E-state index is 0.556. The van der Waals surface area contributed by atoms with Gasteiger partial charge in [0, 0.05) is 32.3 Å². The molecule has 0 unspecified atom stereocenters. The van der Waals surface area contributed by atoms with E-state index in [9.17, 15) is 0 Å². The quantitative estimate of drug-likeness (QED) is 0.624. The Morgan fingerprint density at radius 1 is 1.29 bits per heavy atom. The molecule has 0 atom stereocenters. The van der Waals surface area contributed by atoms with Crippen molar-refractivity contribution in [2.75, 3.05) is 19.6 Å². The second-order valence-electron chi connectivity index (χ2n) is 5.34. The molecule has 114 valence electrons. The van der Waals surface area contributed by atoms with E-state index in [0.29, 0.717) is 5.92 Å². The highest BCUT2D eigenvalue weighted by molar-refractivity contribution is 5.79. The van der Waals surface area contributed by atoms with Crippen LogP contribution in [0.5, 0.6) is 0 Å². The summed E-state index contributed by atoms with van der Waals surface area (Å²) in [5, 5.41) is 15.0. The predicted molar refractivity (Wildman–Crippen MR) is 85.5 cm³/mol. The van der Waals surface area contributed by atoms with Crippen molar-refractivity contribution in [3.05, 3.63) is 30.2 Å². The van der Waals surface area contributed by atoms with E-state index in [1.165, 1.54) is 0 Å². The van der Waals surface area contributed by atoms with E-state index < -0.39 is 0 Å². The number of hydrogen-bond donors (Lipinski definition) is 2. The van der Waals surface area contributed by atoms with Crippen LogP contribution in [0.15, 0.2) is 29.4 Å². The Labute approximate surface area is 125 Å². The maximum atomic E-state index is 4.55. The molecule has 6 nitrogen and oxygen atoms in total. The first kappa shape index (κ1) is 15.3. The van der Waals surface area contributed by atoms with Crippen molar-refractivity contribution < 1.29 is 0 Å². The highest BCUT2D eigenvalue weighted by Gasteiger charge is 2.04. The molecule has 0 aromatic carbocycles. The molecular weight excluding hydrogens is 264 g/mol. The molecule has 2 N–H and O–H groups in total. The number of pyridine rings is 1. The third-order valence-corrected chi connectivity index (χ3v) is 2.98. The molecule has 21 heavy (non-hydrogen) atoms. The summed E-state index contributed by atoms with van der Waals surface area (Å²) in [5.74, 6) is 2.37. The van der Waals surface area contributed by atoms with Gasteiger partial charge in [-0.1, -0.05) is 19.9 Å². The zero-order valence-electron chi connectivity index (χ0n) is 13.0. The van der Waals surface area contributed by atoms with Crippen LogP contribution in [0.4, 0.5) is 0 Å². The van der Waals surface area contributed by atoms with E-state index in [0.717, 1.165) is 43.5 Å². The van der Waals surface area contributed by atoms with Gasteiger partial charge in [0.1, 0.15) is 5.82 Å². The molecule has 0 bridgehead atoms. The van der Waals surface area contributed by atoms with E-state index in [-0.39, 0.29) is 0 Å². The summed E-state index contributed by atoms with van der Waals surface area (Å²) in [6.45, 7) is 8.85. The first-order valence-corrected chi connectivity index (χ1v) is 7.51. The summed E-state index contributed by atoms with van der Waals surface area (Å²) in [6.07, 6.45) is 2.79. The number of nitrogens with one attached hydrogen (secondary N) is 2. The predicted octanol–water partition coefficient (Wildman–Crippen LogP) is 1.48. The molecule has 2 rings (SSSR count). The molecule has 2 heterocycles. The van der Waals surface area contributed by atoms with Gasteiger partial charge in [-0.3, -0.25) is 9.39 Å². The first-order valence-electron chi connectivity index (χ1n) is 7.51. The number of guanidine groups is 1. The zero-order chi connectivity index (χ0) is 15.1. The summed E-state index contributed by atoms with van der Waals surface area (Å²) in [6, 6.07) is 5.91. The maximum Gasteiger partial charge on any atom is 0.191 e. The molecule has 2 aromatic heterocycles. The average molecular weight is 288 g/mol. The van der Waals surface area contributed by atoms with E-state index >= 15 is 0 Å². The maximum absolute atomic E-state index is 4.55. The fourth-order valence-corrected chi connectivity index (χ4v) is 1.97. The van der Waals surface area contributed by atoms with Gasteiger partial charge in [0.25, 0.3) is 0 Å². The molecule has 0 saturated carbocycles. The van der Waals surface area contributed by atoms with Crippen molar-refractivity contribution in [2.45, 2.75) is 27.2 Å². The SMILES string of the molecule is CCNC(=NCC(C)C)NCCc1nnc2ccccn12. The van der Waals surface area contributed by atoms with Gasteiger partial charge in [-0.2, -0.15) is 0 Å². The van der Waals surface area contributed by atoms with E-state index in [1.54, 1.807) is 0 Å². The molecule has 0 fully saturated rings. The average Bonchev–Trinajstić information content (AvgIpc) is 2.88. The Kier molecular flexibility index (Phi) is 5.54. The zero-order valence-corrected chi connectivity index (χ0v) is 13.0. The number of fused-ring (bicyclic) bond motifs is 1. The van der Waals surface area contributed by atoms with Crippen molar-refractivity contribution >= 4 is 11.6 Å². The van der Waals surface area contributed by atoms with Gasteiger partial charge in [-0.15, -0.1) is 10.2 Å². The van der Waals surface area contributed by atoms with Crippen LogP contribution in [0.25, 0.3) is 5.65 Å². The van der Waals surface area contributed by atoms with Crippen LogP contribution in [0.3, 0.4) is 0 Å². The topological polar surface area (TPSA) is 66.6 Å². The number of aromatic nitrogens is 3. The summed E-state index contributed by atoms with van der Waals surface area (Å²) < 4.78 is 2.01. The lowest BCUT2D eigenvalue weighted by molar-refractivity contribution is 0.655. The fourth-order valence-electron chi connectivity index (χ4n) is 1.97. The Bertz CT molecular complexity index is 587. The monoisotopic (exact) mass is 288 g/mol. The van der Waals surface area contributed by atoms with Crippen LogP contribution in [0, 0.1) is 5.92 Å². The van der Waals surface area contributed by atoms with Crippen LogP contribution < -0.4 is 10.6 Å². The lowest BCUT2D eigenvalue weighted by Gasteiger charge is -2.11. The molecule has 0 amide bonds. The molecule has 0 aliphatic heterocycles. The van der Waals surface area contributed by atoms with Crippen LogP contribution in [0.2, 0.25) is 0 Å². The normalized spacial score (nSPS) is 12.1. The molecular formula is C15H24N6. The largest absolute Gasteiger partial charge is 0.357 e. The van der Waals surface area contributed by atoms with Gasteiger partial charge in [0.2, 0.25) is 0 Å². The Morgan fingerprint density at radius 3 is 2.90 bits per heavy atom. The number of aliphatic imine (C=N–C) groups is 1. The van der Waals surface area contributed by atoms with Gasteiger partial charge in [-0.05, 0) is 25.0 Å². The molecule has 0 spiro atoms. The first-order chi connectivity index (χ1) is 10.2. The minimum absolute atomic E-state index is 0.556. The molecule has 0 aliphatic carbocycles. The van der Waals surface area contributed by atoms with Gasteiger partial charge in [0.05, 0.1) is 0 Å². The fraction of sp³-hybridized carbons (Fsp3) is 0.533. The Balaban J connectivity index is 1.91. The van der Waals surface area contributed by atoms with E-state index in [4.69, 9.17) is 0 Å². The van der Waals surface area contributed by atoms with Crippen LogP contribution in [0.1, 0.15) is 26.6 Å². The second kappa shape index (κ2) is 7.61. The van der Waals surface area contributed by atoms with Crippen LogP contribution in [-0.4, -0.2) is 40.2 Å². The third-order valence-electron chi connectivity index (χ3n) is 2.98. The Morgan fingerprint density at radius 2 is 2.14 bits per heavy atom. The molecule has 2 aromatic rings. The van der Waals surface area contributed by atoms with E-state index in [1.807, 2.05) is 28.8 Å². The summed E-state index contributed by atoms with van der Waals surface area (Å²) in [5.41, 5.74) is 0.882. The number of nitrogens with zero attached hydrogens (tertiary/aromatic N) is 4.